The van der Waals surface area contributed by atoms with Crippen molar-refractivity contribution in [1.29, 1.82) is 0 Å². The maximum atomic E-state index is 7.42. The molecule has 10 aromatic rings. The Kier molecular flexibility index (Phi) is 20.4. The molecule has 0 aliphatic rings. The van der Waals surface area contributed by atoms with E-state index in [4.69, 9.17) is 4.11 Å². The zero-order valence-corrected chi connectivity index (χ0v) is 49.9. The lowest BCUT2D eigenvalue weighted by Gasteiger charge is -2.09. The van der Waals surface area contributed by atoms with Gasteiger partial charge in [0.05, 0.1) is 0 Å². The number of aromatic nitrogens is 5. The van der Waals surface area contributed by atoms with Gasteiger partial charge in [-0.3, -0.25) is 0 Å². The van der Waals surface area contributed by atoms with Crippen LogP contribution in [0.25, 0.3) is 56.3 Å². The molecule has 0 aliphatic carbocycles. The van der Waals surface area contributed by atoms with Gasteiger partial charge in [-0.1, -0.05) is 98.1 Å². The molecule has 5 heterocycles. The molecular weight excluding hydrogens is 959 g/mol. The van der Waals surface area contributed by atoms with Gasteiger partial charge in [0.2, 0.25) is 28.5 Å². The second-order valence-corrected chi connectivity index (χ2v) is 21.4. The van der Waals surface area contributed by atoms with E-state index >= 15 is 0 Å². The maximum Gasteiger partial charge on any atom is 0.212 e. The van der Waals surface area contributed by atoms with Crippen molar-refractivity contribution in [2.24, 2.45) is 41.2 Å². The molecule has 10 rings (SSSR count). The first-order chi connectivity index (χ1) is 39.1. The summed E-state index contributed by atoms with van der Waals surface area (Å²) in [5.41, 5.74) is 24.6. The molecule has 5 aromatic heterocycles. The number of pyridine rings is 5. The van der Waals surface area contributed by atoms with Gasteiger partial charge >= 0.3 is 0 Å². The first-order valence-electron chi connectivity index (χ1n) is 29.3. The van der Waals surface area contributed by atoms with Crippen LogP contribution in [-0.4, -0.2) is 0 Å². The molecule has 0 fully saturated rings. The Balaban J connectivity index is 0.000000165. The van der Waals surface area contributed by atoms with Gasteiger partial charge in [0.25, 0.3) is 0 Å². The summed E-state index contributed by atoms with van der Waals surface area (Å²) in [6, 6.07) is 63.2. The molecule has 5 heteroatoms. The van der Waals surface area contributed by atoms with Gasteiger partial charge in [-0.15, -0.1) is 0 Å². The third kappa shape index (κ3) is 16.9. The molecular formula is C74H88N5+5. The minimum absolute atomic E-state index is 0.391. The second kappa shape index (κ2) is 29.0. The number of nitrogens with zero attached hydrogens (tertiary/aromatic N) is 5. The Labute approximate surface area is 479 Å². The van der Waals surface area contributed by atoms with Crippen LogP contribution >= 0.6 is 0 Å². The average molecular weight is 1050 g/mol. The van der Waals surface area contributed by atoms with Crippen molar-refractivity contribution >= 4 is 0 Å². The summed E-state index contributed by atoms with van der Waals surface area (Å²) in [5.74, 6) is 0.711. The minimum Gasteiger partial charge on any atom is -0.201 e. The first-order valence-corrected chi connectivity index (χ1v) is 27.8. The fourth-order valence-electron chi connectivity index (χ4n) is 9.92. The third-order valence-electron chi connectivity index (χ3n) is 14.3. The summed E-state index contributed by atoms with van der Waals surface area (Å²) in [4.78, 5) is 0. The number of benzene rings is 5. The highest BCUT2D eigenvalue weighted by Gasteiger charge is 2.15. The molecule has 79 heavy (non-hydrogen) atoms. The summed E-state index contributed by atoms with van der Waals surface area (Å²) in [6.45, 7) is 19.6. The monoisotopic (exact) mass is 1050 g/mol. The van der Waals surface area contributed by atoms with Crippen LogP contribution in [0.1, 0.15) is 80.5 Å². The molecule has 0 atom stereocenters. The van der Waals surface area contributed by atoms with Crippen molar-refractivity contribution in [3.63, 3.8) is 0 Å². The van der Waals surface area contributed by atoms with Crippen LogP contribution in [0.5, 0.6) is 0 Å². The zero-order valence-electron chi connectivity index (χ0n) is 52.9. The zero-order chi connectivity index (χ0) is 59.7. The van der Waals surface area contributed by atoms with Crippen molar-refractivity contribution in [2.45, 2.75) is 88.9 Å². The highest BCUT2D eigenvalue weighted by molar-refractivity contribution is 5.65. The molecule has 0 saturated heterocycles. The van der Waals surface area contributed by atoms with Crippen molar-refractivity contribution in [1.82, 2.24) is 0 Å². The molecule has 0 saturated carbocycles. The molecule has 404 valence electrons. The minimum atomic E-state index is -2.04. The van der Waals surface area contributed by atoms with Crippen molar-refractivity contribution in [3.05, 3.63) is 269 Å². The van der Waals surface area contributed by atoms with Gasteiger partial charge in [-0.05, 0) is 174 Å². The molecule has 5 nitrogen and oxygen atoms in total. The fourth-order valence-corrected chi connectivity index (χ4v) is 9.92. The second-order valence-electron chi connectivity index (χ2n) is 21.4. The van der Waals surface area contributed by atoms with E-state index in [-0.39, 0.29) is 0 Å². The molecule has 0 unspecified atom stereocenters. The lowest BCUT2D eigenvalue weighted by atomic mass is 9.97. The molecule has 5 aromatic carbocycles. The quantitative estimate of drug-likeness (QED) is 0.135. The Hall–Kier alpha value is -8.15. The van der Waals surface area contributed by atoms with Gasteiger partial charge in [0.15, 0.2) is 31.0 Å². The van der Waals surface area contributed by atoms with Gasteiger partial charge < -0.3 is 0 Å². The number of rotatable bonds is 8. The van der Waals surface area contributed by atoms with Gasteiger partial charge in [-0.25, -0.2) is 22.8 Å². The van der Waals surface area contributed by atoms with Crippen LogP contribution in [0.2, 0.25) is 0 Å². The third-order valence-corrected chi connectivity index (χ3v) is 14.3. The molecule has 0 N–H and O–H groups in total. The Morgan fingerprint density at radius 3 is 1.00 bits per heavy atom. The number of aryl methyl sites for hydroxylation is 14. The SMILES string of the molecule is CCc1ccc(-c2cccc[n+]2C)c(C)c1.Cc1cc(CC(C)C)ccc1-c1cccc[n+]1C.Cc1ccc(-c2cccc[n+]2C)c(C)c1.Cc1ccc(C)c(-c2cccc[n+]2C)c1.[2H]C([2H])([2H])c1ccc(-c2cccc[n+]2C)c(C)c1. The lowest BCUT2D eigenvalue weighted by molar-refractivity contribution is -0.660. The van der Waals surface area contributed by atoms with E-state index in [1.165, 1.54) is 89.5 Å². The van der Waals surface area contributed by atoms with Gasteiger partial charge in [0.1, 0.15) is 35.2 Å². The Bertz CT molecular complexity index is 3720. The van der Waals surface area contributed by atoms with E-state index in [0.717, 1.165) is 29.7 Å². The van der Waals surface area contributed by atoms with E-state index in [0.29, 0.717) is 11.5 Å². The van der Waals surface area contributed by atoms with Crippen LogP contribution < -0.4 is 22.8 Å². The lowest BCUT2D eigenvalue weighted by Crippen LogP contribution is -2.30. The number of hydrogen-bond donors (Lipinski definition) is 0. The van der Waals surface area contributed by atoms with E-state index < -0.39 is 6.85 Å². The largest absolute Gasteiger partial charge is 0.212 e. The highest BCUT2D eigenvalue weighted by Crippen LogP contribution is 2.26. The van der Waals surface area contributed by atoms with Gasteiger partial charge in [0, 0.05) is 92.6 Å². The summed E-state index contributed by atoms with van der Waals surface area (Å²) >= 11 is 0. The van der Waals surface area contributed by atoms with Crippen LogP contribution in [0, 0.1) is 61.2 Å². The molecule has 0 amide bonds. The summed E-state index contributed by atoms with van der Waals surface area (Å²) in [6.07, 6.45) is 12.6. The van der Waals surface area contributed by atoms with Crippen LogP contribution in [-0.2, 0) is 48.1 Å². The first kappa shape index (κ1) is 55.6. The average Bonchev–Trinajstić information content (AvgIpc) is 3.54. The van der Waals surface area contributed by atoms with Crippen LogP contribution in [0.15, 0.2) is 213 Å². The fraction of sp³-hybridized carbons (Fsp3) is 0.257. The standard InChI is InChI=1S/C17H22N.C15H18N.3C14H16N/c1-13(2)11-15-8-9-16(14(3)12-15)17-7-5-6-10-18(17)4;1-4-13-8-9-14(12(2)11-13)15-7-5-6-10-16(15)3;2*1-11-7-8-13(12(2)10-11)14-6-4-5-9-15(14)3;1-11-7-8-12(2)13(10-11)14-6-4-5-9-15(14)3/h5-10,12-13H,11H2,1-4H3;5-11H,4H2,1-3H3;3*4-10H,1-3H3/q5*+1/i;;1D3;;. The normalized spacial score (nSPS) is 11.2. The smallest absolute Gasteiger partial charge is 0.201 e. The Morgan fingerprint density at radius 1 is 0.329 bits per heavy atom. The van der Waals surface area contributed by atoms with Crippen LogP contribution in [0.3, 0.4) is 0 Å². The van der Waals surface area contributed by atoms with Crippen molar-refractivity contribution in [3.8, 4) is 56.3 Å². The predicted octanol–water partition coefficient (Wildman–Crippen LogP) is 15.1. The van der Waals surface area contributed by atoms with Crippen LogP contribution in [0.4, 0.5) is 0 Å². The summed E-state index contributed by atoms with van der Waals surface area (Å²) < 4.78 is 32.9. The number of hydrogen-bond acceptors (Lipinski definition) is 0. The maximum absolute atomic E-state index is 7.42. The highest BCUT2D eigenvalue weighted by atomic mass is 14.9. The molecule has 0 aliphatic heterocycles. The van der Waals surface area contributed by atoms with Crippen molar-refractivity contribution in [2.75, 3.05) is 0 Å². The summed E-state index contributed by atoms with van der Waals surface area (Å²) in [5, 5.41) is 0. The topological polar surface area (TPSA) is 19.4 Å². The van der Waals surface area contributed by atoms with Crippen molar-refractivity contribution < 1.29 is 26.9 Å². The molecule has 0 radical (unpaired) electrons. The van der Waals surface area contributed by atoms with E-state index in [1.54, 1.807) is 12.1 Å². The van der Waals surface area contributed by atoms with E-state index in [2.05, 4.69) is 273 Å². The summed E-state index contributed by atoms with van der Waals surface area (Å²) in [7, 11) is 10.3. The Morgan fingerprint density at radius 2 is 0.646 bits per heavy atom. The van der Waals surface area contributed by atoms with Gasteiger partial charge in [-0.2, -0.15) is 0 Å². The van der Waals surface area contributed by atoms with E-state index in [1.807, 2.05) is 55.1 Å². The molecule has 0 spiro atoms. The molecule has 0 bridgehead atoms. The van der Waals surface area contributed by atoms with E-state index in [9.17, 15) is 0 Å². The predicted molar refractivity (Wildman–Crippen MR) is 331 cm³/mol.